The maximum Gasteiger partial charge on any atom is 0.409 e. The van der Waals surface area contributed by atoms with E-state index in [1.807, 2.05) is 24.6 Å². The van der Waals surface area contributed by atoms with Gasteiger partial charge in [-0.2, -0.15) is 5.10 Å². The van der Waals surface area contributed by atoms with Crippen LogP contribution in [0, 0.1) is 0 Å². The zero-order valence-electron chi connectivity index (χ0n) is 13.9. The van der Waals surface area contributed by atoms with Gasteiger partial charge in [0.2, 0.25) is 0 Å². The minimum atomic E-state index is -0.263. The number of amides is 1. The Labute approximate surface area is 132 Å². The molecular weight excluding hydrogens is 280 g/mol. The molecule has 1 aliphatic heterocycles. The van der Waals surface area contributed by atoms with E-state index in [0.29, 0.717) is 25.0 Å². The van der Waals surface area contributed by atoms with Crippen LogP contribution in [0.25, 0.3) is 0 Å². The number of aromatic nitrogens is 2. The standard InChI is InChI=1S/C14H22N4O2.C2H6/c1-20-14(19)17-8-10(9-17)12-7-13(15)18(16-12)11-5-3-2-4-6-11;1-2/h7,10-11H,2-6,8-9,15H2,1H3;1-2H3. The Balaban J connectivity index is 0.000000847. The maximum atomic E-state index is 11.3. The molecule has 2 N–H and O–H groups in total. The molecule has 1 aromatic rings. The third kappa shape index (κ3) is 3.36. The third-order valence-electron chi connectivity index (χ3n) is 4.44. The highest BCUT2D eigenvalue weighted by Gasteiger charge is 2.34. The molecule has 22 heavy (non-hydrogen) atoms. The van der Waals surface area contributed by atoms with Crippen LogP contribution < -0.4 is 5.73 Å². The highest BCUT2D eigenvalue weighted by molar-refractivity contribution is 5.68. The van der Waals surface area contributed by atoms with Crippen LogP contribution in [0.5, 0.6) is 0 Å². The molecule has 0 unspecified atom stereocenters. The quantitative estimate of drug-likeness (QED) is 0.910. The van der Waals surface area contributed by atoms with Crippen molar-refractivity contribution in [2.24, 2.45) is 0 Å². The van der Waals surface area contributed by atoms with E-state index in [2.05, 4.69) is 5.10 Å². The zero-order chi connectivity index (χ0) is 16.1. The lowest BCUT2D eigenvalue weighted by molar-refractivity contribution is 0.0870. The SMILES string of the molecule is CC.COC(=O)N1CC(c2cc(N)n(C3CCCCC3)n2)C1. The molecule has 0 atom stereocenters. The van der Waals surface area contributed by atoms with Crippen LogP contribution in [-0.4, -0.2) is 41.0 Å². The van der Waals surface area contributed by atoms with Crippen LogP contribution in [0.15, 0.2) is 6.07 Å². The van der Waals surface area contributed by atoms with Crippen LogP contribution in [0.2, 0.25) is 0 Å². The fourth-order valence-electron chi connectivity index (χ4n) is 3.19. The predicted octanol–water partition coefficient (Wildman–Crippen LogP) is 3.16. The van der Waals surface area contributed by atoms with E-state index in [9.17, 15) is 4.79 Å². The highest BCUT2D eigenvalue weighted by Crippen LogP contribution is 2.33. The fourth-order valence-corrected chi connectivity index (χ4v) is 3.19. The molecular formula is C16H28N4O2. The van der Waals surface area contributed by atoms with Gasteiger partial charge in [0, 0.05) is 25.1 Å². The Morgan fingerprint density at radius 2 is 1.91 bits per heavy atom. The number of carbonyl (C=O) groups excluding carboxylic acids is 1. The predicted molar refractivity (Wildman–Crippen MR) is 86.8 cm³/mol. The molecule has 3 rings (SSSR count). The summed E-state index contributed by atoms with van der Waals surface area (Å²) in [5.74, 6) is 1.05. The van der Waals surface area contributed by atoms with Gasteiger partial charge in [0.05, 0.1) is 18.8 Å². The van der Waals surface area contributed by atoms with Crippen molar-refractivity contribution < 1.29 is 9.53 Å². The topological polar surface area (TPSA) is 73.4 Å². The van der Waals surface area contributed by atoms with Crippen molar-refractivity contribution in [2.75, 3.05) is 25.9 Å². The van der Waals surface area contributed by atoms with Gasteiger partial charge in [0.15, 0.2) is 0 Å². The summed E-state index contributed by atoms with van der Waals surface area (Å²) in [5.41, 5.74) is 7.11. The van der Waals surface area contributed by atoms with Crippen molar-refractivity contribution in [3.05, 3.63) is 11.8 Å². The number of nitrogens with two attached hydrogens (primary N) is 1. The summed E-state index contributed by atoms with van der Waals surface area (Å²) in [5, 5.41) is 4.69. The number of rotatable bonds is 2. The normalized spacial score (nSPS) is 19.1. The second-order valence-electron chi connectivity index (χ2n) is 5.80. The Bertz CT molecular complexity index is 488. The Morgan fingerprint density at radius 3 is 2.50 bits per heavy atom. The highest BCUT2D eigenvalue weighted by atomic mass is 16.5. The molecule has 1 amide bonds. The van der Waals surface area contributed by atoms with Crippen molar-refractivity contribution in [2.45, 2.75) is 57.9 Å². The molecule has 1 saturated heterocycles. The van der Waals surface area contributed by atoms with E-state index < -0.39 is 0 Å². The third-order valence-corrected chi connectivity index (χ3v) is 4.44. The fraction of sp³-hybridized carbons (Fsp3) is 0.750. The van der Waals surface area contributed by atoms with Crippen LogP contribution in [0.4, 0.5) is 10.6 Å². The number of methoxy groups -OCH3 is 1. The van der Waals surface area contributed by atoms with Gasteiger partial charge < -0.3 is 15.4 Å². The molecule has 2 heterocycles. The molecule has 0 bridgehead atoms. The number of nitrogens with zero attached hydrogens (tertiary/aromatic N) is 3. The van der Waals surface area contributed by atoms with Gasteiger partial charge in [-0.1, -0.05) is 33.1 Å². The van der Waals surface area contributed by atoms with E-state index in [1.54, 1.807) is 4.90 Å². The van der Waals surface area contributed by atoms with Crippen LogP contribution >= 0.6 is 0 Å². The lowest BCUT2D eigenvalue weighted by atomic mass is 9.96. The molecule has 1 aliphatic carbocycles. The smallest absolute Gasteiger partial charge is 0.409 e. The molecule has 2 fully saturated rings. The summed E-state index contributed by atoms with van der Waals surface area (Å²) in [6.45, 7) is 5.35. The number of anilines is 1. The first-order valence-electron chi connectivity index (χ1n) is 8.37. The molecule has 1 aromatic heterocycles. The first-order chi connectivity index (χ1) is 10.7. The largest absolute Gasteiger partial charge is 0.453 e. The molecule has 124 valence electrons. The van der Waals surface area contributed by atoms with Gasteiger partial charge in [0.1, 0.15) is 5.82 Å². The van der Waals surface area contributed by atoms with Crippen molar-refractivity contribution in [1.29, 1.82) is 0 Å². The summed E-state index contributed by atoms with van der Waals surface area (Å²) in [4.78, 5) is 13.0. The van der Waals surface area contributed by atoms with Gasteiger partial charge in [-0.3, -0.25) is 0 Å². The number of hydrogen-bond acceptors (Lipinski definition) is 4. The summed E-state index contributed by atoms with van der Waals surface area (Å²) in [6.07, 6.45) is 5.92. The van der Waals surface area contributed by atoms with Crippen LogP contribution in [0.3, 0.4) is 0 Å². The monoisotopic (exact) mass is 308 g/mol. The lowest BCUT2D eigenvalue weighted by Crippen LogP contribution is -2.48. The Morgan fingerprint density at radius 1 is 1.27 bits per heavy atom. The van der Waals surface area contributed by atoms with E-state index in [0.717, 1.165) is 11.5 Å². The van der Waals surface area contributed by atoms with E-state index in [4.69, 9.17) is 10.5 Å². The van der Waals surface area contributed by atoms with E-state index in [-0.39, 0.29) is 6.09 Å². The first-order valence-corrected chi connectivity index (χ1v) is 8.37. The van der Waals surface area contributed by atoms with Crippen molar-refractivity contribution >= 4 is 11.9 Å². The molecule has 0 aromatic carbocycles. The number of nitrogen functional groups attached to an aromatic ring is 1. The average Bonchev–Trinajstić information content (AvgIpc) is 2.90. The summed E-state index contributed by atoms with van der Waals surface area (Å²) in [7, 11) is 1.41. The zero-order valence-corrected chi connectivity index (χ0v) is 13.9. The molecule has 2 aliphatic rings. The van der Waals surface area contributed by atoms with Gasteiger partial charge in [-0.05, 0) is 12.8 Å². The van der Waals surface area contributed by atoms with Gasteiger partial charge >= 0.3 is 6.09 Å². The Kier molecular flexibility index (Phi) is 5.69. The van der Waals surface area contributed by atoms with Gasteiger partial charge in [-0.15, -0.1) is 0 Å². The van der Waals surface area contributed by atoms with Crippen molar-refractivity contribution in [3.63, 3.8) is 0 Å². The maximum absolute atomic E-state index is 11.3. The number of hydrogen-bond donors (Lipinski definition) is 1. The number of likely N-dealkylation sites (tertiary alicyclic amines) is 1. The number of ether oxygens (including phenoxy) is 1. The first kappa shape index (κ1) is 16.6. The molecule has 1 saturated carbocycles. The molecule has 6 nitrogen and oxygen atoms in total. The lowest BCUT2D eigenvalue weighted by Gasteiger charge is -2.36. The van der Waals surface area contributed by atoms with Crippen molar-refractivity contribution in [1.82, 2.24) is 14.7 Å². The average molecular weight is 308 g/mol. The molecule has 0 spiro atoms. The minimum absolute atomic E-state index is 0.263. The van der Waals surface area contributed by atoms with Gasteiger partial charge in [-0.25, -0.2) is 9.48 Å². The minimum Gasteiger partial charge on any atom is -0.453 e. The van der Waals surface area contributed by atoms with Crippen molar-refractivity contribution in [3.8, 4) is 0 Å². The summed E-state index contributed by atoms with van der Waals surface area (Å²) < 4.78 is 6.69. The molecule has 6 heteroatoms. The number of carbonyl (C=O) groups is 1. The second kappa shape index (κ2) is 7.51. The Hall–Kier alpha value is -1.72. The molecule has 0 radical (unpaired) electrons. The summed E-state index contributed by atoms with van der Waals surface area (Å²) >= 11 is 0. The second-order valence-corrected chi connectivity index (χ2v) is 5.80. The van der Waals surface area contributed by atoms with E-state index >= 15 is 0 Å². The van der Waals surface area contributed by atoms with Crippen LogP contribution in [-0.2, 0) is 4.74 Å². The summed E-state index contributed by atoms with van der Waals surface area (Å²) in [6, 6.07) is 2.42. The van der Waals surface area contributed by atoms with E-state index in [1.165, 1.54) is 39.2 Å². The van der Waals surface area contributed by atoms with Crippen LogP contribution in [0.1, 0.15) is 63.6 Å². The van der Waals surface area contributed by atoms with Gasteiger partial charge in [0.25, 0.3) is 0 Å².